The summed E-state index contributed by atoms with van der Waals surface area (Å²) in [7, 11) is 3.48. The van der Waals surface area contributed by atoms with E-state index in [-0.39, 0.29) is 18.8 Å². The molecule has 0 aliphatic heterocycles. The molecule has 0 spiro atoms. The molecular formula is C7H17NO2. The van der Waals surface area contributed by atoms with Crippen molar-refractivity contribution in [3.63, 3.8) is 0 Å². The van der Waals surface area contributed by atoms with Crippen LogP contribution in [0.3, 0.4) is 0 Å². The van der Waals surface area contributed by atoms with Gasteiger partial charge in [-0.15, -0.1) is 0 Å². The molecule has 0 aromatic carbocycles. The lowest BCUT2D eigenvalue weighted by molar-refractivity contribution is 0.0461. The van der Waals surface area contributed by atoms with Gasteiger partial charge in [-0.1, -0.05) is 6.92 Å². The van der Waals surface area contributed by atoms with E-state index in [0.29, 0.717) is 0 Å². The molecule has 0 radical (unpaired) electrons. The van der Waals surface area contributed by atoms with Crippen LogP contribution in [-0.2, 0) is 4.74 Å². The molecule has 2 unspecified atom stereocenters. The molecule has 0 rings (SSSR count). The molecule has 0 amide bonds. The van der Waals surface area contributed by atoms with Crippen molar-refractivity contribution in [3.8, 4) is 0 Å². The number of aliphatic hydroxyl groups excluding tert-OH is 1. The van der Waals surface area contributed by atoms with Crippen molar-refractivity contribution in [1.82, 2.24) is 5.32 Å². The summed E-state index contributed by atoms with van der Waals surface area (Å²) in [5, 5.41) is 11.8. The van der Waals surface area contributed by atoms with Gasteiger partial charge in [-0.3, -0.25) is 0 Å². The maximum absolute atomic E-state index is 8.82. The first-order chi connectivity index (χ1) is 4.79. The van der Waals surface area contributed by atoms with Gasteiger partial charge in [0.15, 0.2) is 0 Å². The number of aliphatic hydroxyl groups is 1. The molecule has 0 aliphatic carbocycles. The second-order valence-corrected chi connectivity index (χ2v) is 2.26. The Kier molecular flexibility index (Phi) is 5.58. The van der Waals surface area contributed by atoms with E-state index < -0.39 is 0 Å². The molecule has 0 saturated carbocycles. The van der Waals surface area contributed by atoms with Crippen LogP contribution in [0, 0.1) is 0 Å². The standard InChI is InChI=1S/C7H17NO2/c1-4-7(10-3)6(5-9)8-2/h6-9H,4-5H2,1-3H3. The Bertz CT molecular complexity index is 60.0. The van der Waals surface area contributed by atoms with Crippen LogP contribution in [-0.4, -0.2) is 38.0 Å². The summed E-state index contributed by atoms with van der Waals surface area (Å²) < 4.78 is 5.12. The highest BCUT2D eigenvalue weighted by Gasteiger charge is 2.15. The summed E-state index contributed by atoms with van der Waals surface area (Å²) in [4.78, 5) is 0. The molecule has 3 nitrogen and oxygen atoms in total. The fourth-order valence-corrected chi connectivity index (χ4v) is 1.01. The average molecular weight is 147 g/mol. The van der Waals surface area contributed by atoms with Crippen LogP contribution < -0.4 is 5.32 Å². The van der Waals surface area contributed by atoms with Crippen molar-refractivity contribution in [3.05, 3.63) is 0 Å². The molecule has 0 saturated heterocycles. The molecule has 3 heteroatoms. The minimum absolute atomic E-state index is 0.0648. The predicted octanol–water partition coefficient (Wildman–Crippen LogP) is -0.00830. The fourth-order valence-electron chi connectivity index (χ4n) is 1.01. The summed E-state index contributed by atoms with van der Waals surface area (Å²) in [5.41, 5.74) is 0. The van der Waals surface area contributed by atoms with Crippen LogP contribution in [0.4, 0.5) is 0 Å². The average Bonchev–Trinajstić information content (AvgIpc) is 2.00. The maximum atomic E-state index is 8.82. The number of ether oxygens (including phenoxy) is 1. The zero-order valence-electron chi connectivity index (χ0n) is 6.92. The van der Waals surface area contributed by atoms with E-state index in [2.05, 4.69) is 5.32 Å². The first kappa shape index (κ1) is 9.88. The van der Waals surface area contributed by atoms with E-state index in [4.69, 9.17) is 9.84 Å². The number of likely N-dealkylation sites (N-methyl/N-ethyl adjacent to an activating group) is 1. The van der Waals surface area contributed by atoms with Crippen molar-refractivity contribution in [2.45, 2.75) is 25.5 Å². The minimum Gasteiger partial charge on any atom is -0.395 e. The van der Waals surface area contributed by atoms with Crippen LogP contribution in [0.15, 0.2) is 0 Å². The van der Waals surface area contributed by atoms with Crippen molar-refractivity contribution in [1.29, 1.82) is 0 Å². The third kappa shape index (κ3) is 2.64. The van der Waals surface area contributed by atoms with Gasteiger partial charge in [0.2, 0.25) is 0 Å². The molecule has 0 heterocycles. The predicted molar refractivity (Wildman–Crippen MR) is 41.0 cm³/mol. The van der Waals surface area contributed by atoms with E-state index in [9.17, 15) is 0 Å². The van der Waals surface area contributed by atoms with Gasteiger partial charge in [0, 0.05) is 7.11 Å². The number of hydrogen-bond donors (Lipinski definition) is 2. The first-order valence-electron chi connectivity index (χ1n) is 3.61. The Morgan fingerprint density at radius 2 is 2.20 bits per heavy atom. The molecule has 62 valence electrons. The van der Waals surface area contributed by atoms with Gasteiger partial charge in [0.1, 0.15) is 0 Å². The Morgan fingerprint density at radius 1 is 1.60 bits per heavy atom. The smallest absolute Gasteiger partial charge is 0.0744 e. The van der Waals surface area contributed by atoms with Crippen LogP contribution >= 0.6 is 0 Å². The van der Waals surface area contributed by atoms with Gasteiger partial charge in [-0.2, -0.15) is 0 Å². The van der Waals surface area contributed by atoms with Crippen LogP contribution in [0.5, 0.6) is 0 Å². The Hall–Kier alpha value is -0.120. The molecular weight excluding hydrogens is 130 g/mol. The lowest BCUT2D eigenvalue weighted by Gasteiger charge is -2.22. The second kappa shape index (κ2) is 5.65. The van der Waals surface area contributed by atoms with E-state index >= 15 is 0 Å². The summed E-state index contributed by atoms with van der Waals surface area (Å²) in [5.74, 6) is 0. The third-order valence-electron chi connectivity index (χ3n) is 1.72. The van der Waals surface area contributed by atoms with E-state index in [1.165, 1.54) is 0 Å². The molecule has 0 aromatic rings. The van der Waals surface area contributed by atoms with Crippen LogP contribution in [0.25, 0.3) is 0 Å². The summed E-state index contributed by atoms with van der Waals surface area (Å²) in [6.45, 7) is 2.16. The van der Waals surface area contributed by atoms with Crippen LogP contribution in [0.2, 0.25) is 0 Å². The molecule has 0 aliphatic rings. The van der Waals surface area contributed by atoms with Gasteiger partial charge in [0.25, 0.3) is 0 Å². The second-order valence-electron chi connectivity index (χ2n) is 2.26. The van der Waals surface area contributed by atoms with Gasteiger partial charge < -0.3 is 15.2 Å². The molecule has 10 heavy (non-hydrogen) atoms. The Labute approximate surface area is 62.4 Å². The van der Waals surface area contributed by atoms with E-state index in [0.717, 1.165) is 6.42 Å². The molecule has 0 fully saturated rings. The van der Waals surface area contributed by atoms with Crippen LogP contribution in [0.1, 0.15) is 13.3 Å². The summed E-state index contributed by atoms with van der Waals surface area (Å²) >= 11 is 0. The van der Waals surface area contributed by atoms with Gasteiger partial charge in [-0.25, -0.2) is 0 Å². The van der Waals surface area contributed by atoms with Crippen molar-refractivity contribution < 1.29 is 9.84 Å². The summed E-state index contributed by atoms with van der Waals surface area (Å²) in [6.07, 6.45) is 1.04. The highest BCUT2D eigenvalue weighted by molar-refractivity contribution is 4.72. The molecule has 0 aromatic heterocycles. The maximum Gasteiger partial charge on any atom is 0.0744 e. The highest BCUT2D eigenvalue weighted by atomic mass is 16.5. The van der Waals surface area contributed by atoms with E-state index in [1.807, 2.05) is 14.0 Å². The Balaban J connectivity index is 3.70. The fraction of sp³-hybridized carbons (Fsp3) is 1.00. The lowest BCUT2D eigenvalue weighted by Crippen LogP contribution is -2.41. The topological polar surface area (TPSA) is 41.5 Å². The zero-order chi connectivity index (χ0) is 7.98. The third-order valence-corrected chi connectivity index (χ3v) is 1.72. The normalized spacial score (nSPS) is 16.8. The molecule has 2 N–H and O–H groups in total. The minimum atomic E-state index is 0.0648. The van der Waals surface area contributed by atoms with Crippen molar-refractivity contribution in [2.24, 2.45) is 0 Å². The number of hydrogen-bond acceptors (Lipinski definition) is 3. The number of nitrogens with one attached hydrogen (secondary N) is 1. The largest absolute Gasteiger partial charge is 0.395 e. The number of rotatable bonds is 5. The quantitative estimate of drug-likeness (QED) is 0.575. The van der Waals surface area contributed by atoms with E-state index in [1.54, 1.807) is 7.11 Å². The lowest BCUT2D eigenvalue weighted by atomic mass is 10.1. The SMILES string of the molecule is CCC(OC)C(CO)NC. The highest BCUT2D eigenvalue weighted by Crippen LogP contribution is 2.01. The zero-order valence-corrected chi connectivity index (χ0v) is 6.92. The van der Waals surface area contributed by atoms with Gasteiger partial charge in [0.05, 0.1) is 18.8 Å². The van der Waals surface area contributed by atoms with Gasteiger partial charge in [-0.05, 0) is 13.5 Å². The van der Waals surface area contributed by atoms with Crippen molar-refractivity contribution >= 4 is 0 Å². The molecule has 0 bridgehead atoms. The Morgan fingerprint density at radius 3 is 2.30 bits per heavy atom. The van der Waals surface area contributed by atoms with Gasteiger partial charge >= 0.3 is 0 Å². The number of methoxy groups -OCH3 is 1. The monoisotopic (exact) mass is 147 g/mol. The molecule has 2 atom stereocenters. The summed E-state index contributed by atoms with van der Waals surface area (Å²) in [6, 6.07) is 0.0648. The van der Waals surface area contributed by atoms with Crippen molar-refractivity contribution in [2.75, 3.05) is 20.8 Å². The first-order valence-corrected chi connectivity index (χ1v) is 3.61.